The highest BCUT2D eigenvalue weighted by atomic mass is 35.5. The Morgan fingerprint density at radius 3 is 2.68 bits per heavy atom. The lowest BCUT2D eigenvalue weighted by Crippen LogP contribution is -2.26. The largest absolute Gasteiger partial charge is 0.480 e. The number of aliphatic hydroxyl groups is 1. The van der Waals surface area contributed by atoms with Crippen molar-refractivity contribution in [1.82, 2.24) is 9.55 Å². The average molecular weight is 385 g/mol. The number of halogens is 1. The predicted molar refractivity (Wildman–Crippen MR) is 99.5 cm³/mol. The maximum atomic E-state index is 12.9. The molecule has 0 aliphatic rings. The molecule has 6 nitrogen and oxygen atoms in total. The van der Waals surface area contributed by atoms with Gasteiger partial charge in [-0.1, -0.05) is 37.2 Å². The summed E-state index contributed by atoms with van der Waals surface area (Å²) in [5.41, 5.74) is 0.229. The maximum Gasteiger partial charge on any atom is 0.317 e. The van der Waals surface area contributed by atoms with Crippen LogP contribution in [0.3, 0.4) is 0 Å². The summed E-state index contributed by atoms with van der Waals surface area (Å²) in [6, 6.07) is 4.87. The zero-order chi connectivity index (χ0) is 18.6. The summed E-state index contributed by atoms with van der Waals surface area (Å²) in [5, 5.41) is 18.8. The predicted octanol–water partition coefficient (Wildman–Crippen LogP) is 3.02. The fourth-order valence-electron chi connectivity index (χ4n) is 2.33. The molecule has 136 valence electrons. The highest BCUT2D eigenvalue weighted by Crippen LogP contribution is 2.26. The van der Waals surface area contributed by atoms with Crippen LogP contribution >= 0.6 is 23.4 Å². The Kier molecular flexibility index (Phi) is 6.87. The van der Waals surface area contributed by atoms with Gasteiger partial charge in [0.15, 0.2) is 5.16 Å². The Hall–Kier alpha value is -1.57. The Balaban J connectivity index is 2.55. The van der Waals surface area contributed by atoms with E-state index in [0.717, 1.165) is 18.2 Å². The van der Waals surface area contributed by atoms with Gasteiger partial charge in [-0.3, -0.25) is 14.2 Å². The lowest BCUT2D eigenvalue weighted by atomic mass is 10.1. The van der Waals surface area contributed by atoms with Crippen LogP contribution in [0.25, 0.3) is 10.9 Å². The minimum Gasteiger partial charge on any atom is -0.480 e. The SMILES string of the molecule is CC(C)CCn1c(S[C@H](CCO)C(=O)O)nc2cc(Cl)ccc2c1=O. The number of carboxylic acid groups (broad SMARTS) is 1. The molecule has 0 aliphatic carbocycles. The maximum absolute atomic E-state index is 12.9. The van der Waals surface area contributed by atoms with Gasteiger partial charge in [0.2, 0.25) is 0 Å². The zero-order valence-electron chi connectivity index (χ0n) is 14.1. The first-order valence-corrected chi connectivity index (χ1v) is 9.29. The molecule has 2 aromatic rings. The topological polar surface area (TPSA) is 92.4 Å². The third kappa shape index (κ3) is 4.96. The summed E-state index contributed by atoms with van der Waals surface area (Å²) < 4.78 is 1.52. The highest BCUT2D eigenvalue weighted by molar-refractivity contribution is 8.00. The molecule has 25 heavy (non-hydrogen) atoms. The Morgan fingerprint density at radius 1 is 1.36 bits per heavy atom. The van der Waals surface area contributed by atoms with E-state index in [1.165, 1.54) is 4.57 Å². The van der Waals surface area contributed by atoms with Crippen LogP contribution in [-0.2, 0) is 11.3 Å². The molecular formula is C17H21ClN2O4S. The molecule has 2 rings (SSSR count). The van der Waals surface area contributed by atoms with E-state index in [4.69, 9.17) is 16.7 Å². The lowest BCUT2D eigenvalue weighted by Gasteiger charge is -2.17. The summed E-state index contributed by atoms with van der Waals surface area (Å²) in [6.07, 6.45) is 0.847. The second kappa shape index (κ2) is 8.69. The van der Waals surface area contributed by atoms with Gasteiger partial charge in [-0.05, 0) is 37.0 Å². The third-order valence-corrected chi connectivity index (χ3v) is 5.21. The molecule has 1 heterocycles. The van der Waals surface area contributed by atoms with E-state index >= 15 is 0 Å². The molecule has 1 atom stereocenters. The number of benzene rings is 1. The van der Waals surface area contributed by atoms with Gasteiger partial charge in [0, 0.05) is 18.2 Å². The van der Waals surface area contributed by atoms with Crippen LogP contribution in [-0.4, -0.2) is 37.6 Å². The van der Waals surface area contributed by atoms with Gasteiger partial charge in [0.05, 0.1) is 10.9 Å². The molecule has 2 N–H and O–H groups in total. The zero-order valence-corrected chi connectivity index (χ0v) is 15.7. The molecule has 8 heteroatoms. The van der Waals surface area contributed by atoms with Gasteiger partial charge in [0.25, 0.3) is 5.56 Å². The molecule has 0 aliphatic heterocycles. The van der Waals surface area contributed by atoms with Crippen molar-refractivity contribution in [2.24, 2.45) is 5.92 Å². The van der Waals surface area contributed by atoms with Gasteiger partial charge in [-0.2, -0.15) is 0 Å². The van der Waals surface area contributed by atoms with Gasteiger partial charge in [0.1, 0.15) is 5.25 Å². The molecule has 1 aromatic heterocycles. The molecular weight excluding hydrogens is 364 g/mol. The standard InChI is InChI=1S/C17H21ClN2O4S/c1-10(2)5-7-20-15(22)12-4-3-11(18)9-13(12)19-17(20)25-14(6-8-21)16(23)24/h3-4,9-10,14,21H,5-8H2,1-2H3,(H,23,24)/t14-/m1/s1. The van der Waals surface area contributed by atoms with Crippen molar-refractivity contribution < 1.29 is 15.0 Å². The Bertz CT molecular complexity index is 822. The molecule has 0 bridgehead atoms. The smallest absolute Gasteiger partial charge is 0.317 e. The van der Waals surface area contributed by atoms with Crippen LogP contribution in [0.1, 0.15) is 26.7 Å². The van der Waals surface area contributed by atoms with E-state index < -0.39 is 11.2 Å². The van der Waals surface area contributed by atoms with Gasteiger partial charge < -0.3 is 10.2 Å². The summed E-state index contributed by atoms with van der Waals surface area (Å²) in [4.78, 5) is 28.7. The second-order valence-corrected chi connectivity index (χ2v) is 7.76. The van der Waals surface area contributed by atoms with Crippen molar-refractivity contribution in [2.75, 3.05) is 6.61 Å². The second-order valence-electron chi connectivity index (χ2n) is 6.15. The van der Waals surface area contributed by atoms with Crippen molar-refractivity contribution >= 4 is 40.2 Å². The molecule has 0 unspecified atom stereocenters. The van der Waals surface area contributed by atoms with Crippen molar-refractivity contribution in [3.8, 4) is 0 Å². The van der Waals surface area contributed by atoms with Crippen LogP contribution in [0.4, 0.5) is 0 Å². The summed E-state index contributed by atoms with van der Waals surface area (Å²) in [7, 11) is 0. The number of thioether (sulfide) groups is 1. The molecule has 0 spiro atoms. The number of fused-ring (bicyclic) bond motifs is 1. The normalized spacial score (nSPS) is 12.7. The number of hydrogen-bond acceptors (Lipinski definition) is 5. The molecule has 0 saturated heterocycles. The van der Waals surface area contributed by atoms with Crippen LogP contribution in [0.5, 0.6) is 0 Å². The molecule has 0 radical (unpaired) electrons. The summed E-state index contributed by atoms with van der Waals surface area (Å²) in [5.74, 6) is -0.659. The number of aliphatic hydroxyl groups excluding tert-OH is 1. The van der Waals surface area contributed by atoms with E-state index in [9.17, 15) is 14.7 Å². The third-order valence-electron chi connectivity index (χ3n) is 3.73. The molecule has 0 fully saturated rings. The highest BCUT2D eigenvalue weighted by Gasteiger charge is 2.22. The van der Waals surface area contributed by atoms with Gasteiger partial charge in [-0.15, -0.1) is 0 Å². The first-order chi connectivity index (χ1) is 11.8. The molecule has 0 amide bonds. The number of hydrogen-bond donors (Lipinski definition) is 2. The van der Waals surface area contributed by atoms with E-state index in [0.29, 0.717) is 33.5 Å². The van der Waals surface area contributed by atoms with Crippen molar-refractivity contribution in [1.29, 1.82) is 0 Å². The van der Waals surface area contributed by atoms with E-state index in [1.54, 1.807) is 18.2 Å². The fourth-order valence-corrected chi connectivity index (χ4v) is 3.52. The number of carboxylic acids is 1. The van der Waals surface area contributed by atoms with Gasteiger partial charge >= 0.3 is 5.97 Å². The number of carbonyl (C=O) groups is 1. The van der Waals surface area contributed by atoms with Crippen LogP contribution in [0, 0.1) is 5.92 Å². The molecule has 1 aromatic carbocycles. The van der Waals surface area contributed by atoms with Crippen LogP contribution in [0.15, 0.2) is 28.2 Å². The first kappa shape index (κ1) is 19.8. The number of aromatic nitrogens is 2. The number of nitrogens with zero attached hydrogens (tertiary/aromatic N) is 2. The Labute approximate surface area is 154 Å². The quantitative estimate of drug-likeness (QED) is 0.536. The average Bonchev–Trinajstić information content (AvgIpc) is 2.53. The van der Waals surface area contributed by atoms with Crippen molar-refractivity contribution in [3.05, 3.63) is 33.6 Å². The van der Waals surface area contributed by atoms with Crippen LogP contribution < -0.4 is 5.56 Å². The van der Waals surface area contributed by atoms with Crippen molar-refractivity contribution in [2.45, 2.75) is 43.6 Å². The van der Waals surface area contributed by atoms with Gasteiger partial charge in [-0.25, -0.2) is 4.98 Å². The Morgan fingerprint density at radius 2 is 2.08 bits per heavy atom. The van der Waals surface area contributed by atoms with Crippen molar-refractivity contribution in [3.63, 3.8) is 0 Å². The van der Waals surface area contributed by atoms with E-state index in [-0.39, 0.29) is 18.6 Å². The minimum atomic E-state index is -1.05. The number of aliphatic carboxylic acids is 1. The lowest BCUT2D eigenvalue weighted by molar-refractivity contribution is -0.136. The minimum absolute atomic E-state index is 0.0770. The fraction of sp³-hybridized carbons (Fsp3) is 0.471. The summed E-state index contributed by atoms with van der Waals surface area (Å²) in [6.45, 7) is 4.31. The van der Waals surface area contributed by atoms with E-state index in [2.05, 4.69) is 18.8 Å². The molecule has 0 saturated carbocycles. The number of rotatable bonds is 8. The van der Waals surface area contributed by atoms with Crippen LogP contribution in [0.2, 0.25) is 5.02 Å². The monoisotopic (exact) mass is 384 g/mol. The van der Waals surface area contributed by atoms with E-state index in [1.807, 2.05) is 0 Å². The summed E-state index contributed by atoms with van der Waals surface area (Å²) >= 11 is 6.97. The first-order valence-electron chi connectivity index (χ1n) is 8.04.